The fourth-order valence-electron chi connectivity index (χ4n) is 2.48. The second-order valence-electron chi connectivity index (χ2n) is 5.97. The number of aliphatic hydroxyl groups excluding tert-OH is 1. The van der Waals surface area contributed by atoms with Crippen molar-refractivity contribution in [2.75, 3.05) is 14.2 Å². The van der Waals surface area contributed by atoms with Crippen LogP contribution < -0.4 is 20.5 Å². The molecular formula is C18H28N6O3S2. The van der Waals surface area contributed by atoms with E-state index in [0.29, 0.717) is 47.3 Å². The Hall–Kier alpha value is -2.24. The van der Waals surface area contributed by atoms with E-state index < -0.39 is 6.23 Å². The molecule has 0 aliphatic rings. The third-order valence-corrected chi connectivity index (χ3v) is 5.15. The minimum Gasteiger partial charge on any atom is -0.493 e. The van der Waals surface area contributed by atoms with Gasteiger partial charge in [-0.25, -0.2) is 0 Å². The number of nitrogens with two attached hydrogens (primary N) is 1. The Labute approximate surface area is 179 Å². The molecule has 0 bridgehead atoms. The molecule has 1 aromatic carbocycles. The fraction of sp³-hybridized carbons (Fsp3) is 0.444. The first-order valence-corrected chi connectivity index (χ1v) is 10.5. The number of para-hydroxylation sites is 1. The molecule has 9 nitrogen and oxygen atoms in total. The predicted molar refractivity (Wildman–Crippen MR) is 121 cm³/mol. The number of methoxy groups -OCH3 is 2. The molecule has 1 rings (SSSR count). The first-order chi connectivity index (χ1) is 13.8. The standard InChI is InChI=1S/C18H28N6O3S2/c1-26-12-7-5-6-11(16(12)27-2)10-15(25)24-18(23)29-14(20)9-4-3-8-13(19)28-17(21)22/h5-7,15,19-20,25H,3-4,8-10H2,1-2H3,(H3,21,22)(H2,23,24). The van der Waals surface area contributed by atoms with Gasteiger partial charge in [-0.1, -0.05) is 12.1 Å². The van der Waals surface area contributed by atoms with E-state index in [1.165, 1.54) is 7.11 Å². The fourth-order valence-corrected chi connectivity index (χ4v) is 3.68. The molecule has 0 aliphatic heterocycles. The van der Waals surface area contributed by atoms with Crippen LogP contribution in [-0.4, -0.2) is 46.0 Å². The highest BCUT2D eigenvalue weighted by molar-refractivity contribution is 8.26. The van der Waals surface area contributed by atoms with Gasteiger partial charge in [0.1, 0.15) is 6.23 Å². The summed E-state index contributed by atoms with van der Waals surface area (Å²) in [6.45, 7) is 0. The van der Waals surface area contributed by atoms with E-state index in [0.717, 1.165) is 29.1 Å². The second kappa shape index (κ2) is 13.1. The zero-order valence-electron chi connectivity index (χ0n) is 16.5. The number of hydrogen-bond acceptors (Lipinski definition) is 9. The summed E-state index contributed by atoms with van der Waals surface area (Å²) in [7, 11) is 3.07. The molecule has 11 heteroatoms. The van der Waals surface area contributed by atoms with Crippen molar-refractivity contribution in [3.63, 3.8) is 0 Å². The van der Waals surface area contributed by atoms with E-state index in [1.807, 2.05) is 6.07 Å². The Morgan fingerprint density at radius 1 is 1.07 bits per heavy atom. The maximum atomic E-state index is 10.2. The molecule has 0 saturated heterocycles. The molecule has 0 aromatic heterocycles. The highest BCUT2D eigenvalue weighted by Crippen LogP contribution is 2.31. The van der Waals surface area contributed by atoms with Crippen molar-refractivity contribution in [1.29, 1.82) is 21.6 Å². The number of aliphatic hydroxyl groups is 1. The van der Waals surface area contributed by atoms with E-state index >= 15 is 0 Å². The number of benzene rings is 1. The molecule has 8 N–H and O–H groups in total. The Morgan fingerprint density at radius 2 is 1.69 bits per heavy atom. The highest BCUT2D eigenvalue weighted by Gasteiger charge is 2.15. The van der Waals surface area contributed by atoms with Gasteiger partial charge in [-0.05, 0) is 55.3 Å². The van der Waals surface area contributed by atoms with Crippen LogP contribution >= 0.6 is 23.5 Å². The summed E-state index contributed by atoms with van der Waals surface area (Å²) in [5.41, 5.74) is 5.96. The third-order valence-electron chi connectivity index (χ3n) is 3.71. The van der Waals surface area contributed by atoms with Crippen LogP contribution in [0.2, 0.25) is 0 Å². The summed E-state index contributed by atoms with van der Waals surface area (Å²) in [6.07, 6.45) is 1.61. The lowest BCUT2D eigenvalue weighted by molar-refractivity contribution is 0.160. The third kappa shape index (κ3) is 9.68. The van der Waals surface area contributed by atoms with Gasteiger partial charge in [0.2, 0.25) is 0 Å². The van der Waals surface area contributed by atoms with Crippen LogP contribution in [0.15, 0.2) is 18.2 Å². The summed E-state index contributed by atoms with van der Waals surface area (Å²) >= 11 is 1.89. The molecule has 0 radical (unpaired) electrons. The second-order valence-corrected chi connectivity index (χ2v) is 8.21. The molecule has 1 atom stereocenters. The smallest absolute Gasteiger partial charge is 0.164 e. The lowest BCUT2D eigenvalue weighted by Crippen LogP contribution is -2.34. The van der Waals surface area contributed by atoms with Gasteiger partial charge in [-0.15, -0.1) is 0 Å². The molecule has 1 aromatic rings. The molecule has 0 spiro atoms. The predicted octanol–water partition coefficient (Wildman–Crippen LogP) is 2.96. The maximum absolute atomic E-state index is 10.2. The van der Waals surface area contributed by atoms with Gasteiger partial charge >= 0.3 is 0 Å². The molecule has 1 unspecified atom stereocenters. The van der Waals surface area contributed by atoms with Gasteiger partial charge in [0.25, 0.3) is 0 Å². The van der Waals surface area contributed by atoms with Crippen LogP contribution in [0.25, 0.3) is 0 Å². The number of amidine groups is 2. The SMILES string of the molecule is COc1cccc(CC(O)NC(=N)SC(=N)CCCCC(=N)SC(=N)N)c1OC. The van der Waals surface area contributed by atoms with Crippen LogP contribution in [-0.2, 0) is 6.42 Å². The Kier molecular flexibility index (Phi) is 11.2. The van der Waals surface area contributed by atoms with Gasteiger partial charge in [-0.3, -0.25) is 21.6 Å². The van der Waals surface area contributed by atoms with Gasteiger partial charge < -0.3 is 25.6 Å². The number of unbranched alkanes of at least 4 members (excludes halogenated alkanes) is 1. The molecule has 160 valence electrons. The topological polar surface area (TPSA) is 172 Å². The van der Waals surface area contributed by atoms with Crippen LogP contribution in [0.1, 0.15) is 31.2 Å². The van der Waals surface area contributed by atoms with E-state index in [9.17, 15) is 5.11 Å². The van der Waals surface area contributed by atoms with E-state index in [1.54, 1.807) is 19.2 Å². The summed E-state index contributed by atoms with van der Waals surface area (Å²) in [4.78, 5) is 0. The monoisotopic (exact) mass is 440 g/mol. The summed E-state index contributed by atoms with van der Waals surface area (Å²) in [5.74, 6) is 1.11. The number of hydrogen-bond donors (Lipinski definition) is 7. The first-order valence-electron chi connectivity index (χ1n) is 8.84. The zero-order chi connectivity index (χ0) is 21.8. The minimum absolute atomic E-state index is 0.00996. The normalized spacial score (nSPS) is 11.4. The summed E-state index contributed by atoms with van der Waals surface area (Å²) in [5, 5.41) is 44.1. The molecule has 0 amide bonds. The van der Waals surface area contributed by atoms with Gasteiger partial charge in [-0.2, -0.15) is 0 Å². The Bertz CT molecular complexity index is 744. The Morgan fingerprint density at radius 3 is 2.24 bits per heavy atom. The lowest BCUT2D eigenvalue weighted by atomic mass is 10.1. The van der Waals surface area contributed by atoms with Gasteiger partial charge in [0, 0.05) is 12.0 Å². The largest absolute Gasteiger partial charge is 0.493 e. The van der Waals surface area contributed by atoms with Gasteiger partial charge in [0.05, 0.1) is 24.3 Å². The van der Waals surface area contributed by atoms with E-state index in [4.69, 9.17) is 36.8 Å². The summed E-state index contributed by atoms with van der Waals surface area (Å²) < 4.78 is 10.6. The molecular weight excluding hydrogens is 412 g/mol. The number of thioether (sulfide) groups is 2. The zero-order valence-corrected chi connectivity index (χ0v) is 18.1. The summed E-state index contributed by atoms with van der Waals surface area (Å²) in [6, 6.07) is 5.38. The van der Waals surface area contributed by atoms with E-state index in [2.05, 4.69) is 5.32 Å². The highest BCUT2D eigenvalue weighted by atomic mass is 32.2. The van der Waals surface area contributed by atoms with E-state index in [-0.39, 0.29) is 16.8 Å². The molecule has 0 fully saturated rings. The van der Waals surface area contributed by atoms with Crippen molar-refractivity contribution in [3.8, 4) is 11.5 Å². The van der Waals surface area contributed by atoms with Crippen molar-refractivity contribution in [2.24, 2.45) is 5.73 Å². The number of ether oxygens (including phenoxy) is 2. The van der Waals surface area contributed by atoms with Crippen molar-refractivity contribution in [3.05, 3.63) is 23.8 Å². The number of nitrogens with one attached hydrogen (secondary N) is 5. The maximum Gasteiger partial charge on any atom is 0.164 e. The van der Waals surface area contributed by atoms with Crippen LogP contribution in [0.5, 0.6) is 11.5 Å². The van der Waals surface area contributed by atoms with Crippen molar-refractivity contribution in [1.82, 2.24) is 5.32 Å². The minimum atomic E-state index is -1.01. The molecule has 0 heterocycles. The Balaban J connectivity index is 2.38. The lowest BCUT2D eigenvalue weighted by Gasteiger charge is -2.17. The molecule has 0 aliphatic carbocycles. The average Bonchev–Trinajstić information content (AvgIpc) is 2.64. The van der Waals surface area contributed by atoms with Crippen molar-refractivity contribution in [2.45, 2.75) is 38.3 Å². The van der Waals surface area contributed by atoms with Gasteiger partial charge in [0.15, 0.2) is 21.8 Å². The van der Waals surface area contributed by atoms with Crippen molar-refractivity contribution >= 4 is 43.9 Å². The van der Waals surface area contributed by atoms with Crippen molar-refractivity contribution < 1.29 is 14.6 Å². The van der Waals surface area contributed by atoms with Crippen LogP contribution in [0, 0.1) is 21.6 Å². The number of rotatable bonds is 10. The first kappa shape index (κ1) is 24.8. The van der Waals surface area contributed by atoms with Crippen LogP contribution in [0.4, 0.5) is 0 Å². The molecule has 0 saturated carbocycles. The quantitative estimate of drug-likeness (QED) is 0.127. The average molecular weight is 441 g/mol. The molecule has 29 heavy (non-hydrogen) atoms. The van der Waals surface area contributed by atoms with Crippen LogP contribution in [0.3, 0.4) is 0 Å².